The number of benzene rings is 3. The third kappa shape index (κ3) is 2.19. The molecule has 0 spiro atoms. The summed E-state index contributed by atoms with van der Waals surface area (Å²) in [5.41, 5.74) is 11.8. The van der Waals surface area contributed by atoms with E-state index in [4.69, 9.17) is 5.73 Å². The van der Waals surface area contributed by atoms with Crippen LogP contribution in [0.25, 0.3) is 21.9 Å². The van der Waals surface area contributed by atoms with Crippen molar-refractivity contribution in [3.63, 3.8) is 0 Å². The molecule has 0 saturated carbocycles. The van der Waals surface area contributed by atoms with E-state index < -0.39 is 0 Å². The van der Waals surface area contributed by atoms with Crippen LogP contribution in [0.5, 0.6) is 0 Å². The predicted octanol–water partition coefficient (Wildman–Crippen LogP) is 4.71. The fourth-order valence-electron chi connectivity index (χ4n) is 2.36. The average molecular weight is 247 g/mol. The van der Waals surface area contributed by atoms with E-state index in [-0.39, 0.29) is 0 Å². The van der Waals surface area contributed by atoms with Crippen LogP contribution in [-0.4, -0.2) is 0 Å². The maximum absolute atomic E-state index is 5.81. The molecule has 3 rings (SSSR count). The van der Waals surface area contributed by atoms with E-state index in [2.05, 4.69) is 56.3 Å². The summed E-state index contributed by atoms with van der Waals surface area (Å²) in [5, 5.41) is 2.41. The van der Waals surface area contributed by atoms with Crippen molar-refractivity contribution in [3.05, 3.63) is 65.7 Å². The van der Waals surface area contributed by atoms with E-state index in [1.807, 2.05) is 12.1 Å². The van der Waals surface area contributed by atoms with Crippen molar-refractivity contribution in [2.45, 2.75) is 13.8 Å². The van der Waals surface area contributed by atoms with Gasteiger partial charge in [0, 0.05) is 5.69 Å². The van der Waals surface area contributed by atoms with Gasteiger partial charge in [0.05, 0.1) is 0 Å². The Morgan fingerprint density at radius 2 is 1.26 bits per heavy atom. The van der Waals surface area contributed by atoms with Gasteiger partial charge in [-0.3, -0.25) is 0 Å². The SMILES string of the molecule is Cc1ccc(-c2ccc3cc(N)ccc3c2)cc1C. The second-order valence-electron chi connectivity index (χ2n) is 5.12. The summed E-state index contributed by atoms with van der Waals surface area (Å²) < 4.78 is 0. The molecule has 0 fully saturated rings. The van der Waals surface area contributed by atoms with Crippen molar-refractivity contribution in [3.8, 4) is 11.1 Å². The molecule has 19 heavy (non-hydrogen) atoms. The summed E-state index contributed by atoms with van der Waals surface area (Å²) >= 11 is 0. The Hall–Kier alpha value is -2.28. The summed E-state index contributed by atoms with van der Waals surface area (Å²) in [7, 11) is 0. The number of nitrogen functional groups attached to an aromatic ring is 1. The zero-order valence-corrected chi connectivity index (χ0v) is 11.3. The Morgan fingerprint density at radius 1 is 0.632 bits per heavy atom. The molecule has 1 heteroatoms. The first-order chi connectivity index (χ1) is 9.13. The topological polar surface area (TPSA) is 26.0 Å². The van der Waals surface area contributed by atoms with Crippen LogP contribution in [0.3, 0.4) is 0 Å². The minimum Gasteiger partial charge on any atom is -0.399 e. The van der Waals surface area contributed by atoms with Crippen molar-refractivity contribution in [2.75, 3.05) is 5.73 Å². The van der Waals surface area contributed by atoms with Gasteiger partial charge in [0.25, 0.3) is 0 Å². The third-order valence-corrected chi connectivity index (χ3v) is 3.70. The Morgan fingerprint density at radius 3 is 2.05 bits per heavy atom. The van der Waals surface area contributed by atoms with Crippen molar-refractivity contribution < 1.29 is 0 Å². The molecular formula is C18H17N. The number of aryl methyl sites for hydroxylation is 2. The van der Waals surface area contributed by atoms with Gasteiger partial charge in [-0.15, -0.1) is 0 Å². The van der Waals surface area contributed by atoms with Gasteiger partial charge in [0.1, 0.15) is 0 Å². The van der Waals surface area contributed by atoms with Gasteiger partial charge >= 0.3 is 0 Å². The predicted molar refractivity (Wildman–Crippen MR) is 83.3 cm³/mol. The Bertz CT molecular complexity index is 757. The fraction of sp³-hybridized carbons (Fsp3) is 0.111. The lowest BCUT2D eigenvalue weighted by molar-refractivity contribution is 1.34. The van der Waals surface area contributed by atoms with Crippen LogP contribution in [-0.2, 0) is 0 Å². The maximum atomic E-state index is 5.81. The molecule has 0 bridgehead atoms. The lowest BCUT2D eigenvalue weighted by Crippen LogP contribution is -1.86. The Kier molecular flexibility index (Phi) is 2.75. The van der Waals surface area contributed by atoms with Crippen molar-refractivity contribution in [1.82, 2.24) is 0 Å². The molecule has 2 N–H and O–H groups in total. The van der Waals surface area contributed by atoms with Crippen LogP contribution in [0.15, 0.2) is 54.6 Å². The van der Waals surface area contributed by atoms with Gasteiger partial charge in [0.15, 0.2) is 0 Å². The quantitative estimate of drug-likeness (QED) is 0.619. The summed E-state index contributed by atoms with van der Waals surface area (Å²) in [6, 6.07) is 19.2. The zero-order valence-electron chi connectivity index (χ0n) is 11.3. The smallest absolute Gasteiger partial charge is 0.0320 e. The number of fused-ring (bicyclic) bond motifs is 1. The number of hydrogen-bond donors (Lipinski definition) is 1. The lowest BCUT2D eigenvalue weighted by Gasteiger charge is -2.07. The highest BCUT2D eigenvalue weighted by Crippen LogP contribution is 2.27. The molecule has 3 aromatic rings. The number of anilines is 1. The monoisotopic (exact) mass is 247 g/mol. The van der Waals surface area contributed by atoms with Gasteiger partial charge in [-0.2, -0.15) is 0 Å². The summed E-state index contributed by atoms with van der Waals surface area (Å²) in [4.78, 5) is 0. The Labute approximate surface area is 113 Å². The molecule has 0 aliphatic carbocycles. The minimum atomic E-state index is 0.812. The third-order valence-electron chi connectivity index (χ3n) is 3.70. The summed E-state index contributed by atoms with van der Waals surface area (Å²) in [5.74, 6) is 0. The van der Waals surface area contributed by atoms with E-state index >= 15 is 0 Å². The summed E-state index contributed by atoms with van der Waals surface area (Å²) in [6.45, 7) is 4.29. The molecule has 0 saturated heterocycles. The highest BCUT2D eigenvalue weighted by molar-refractivity contribution is 5.89. The fourth-order valence-corrected chi connectivity index (χ4v) is 2.36. The summed E-state index contributed by atoms with van der Waals surface area (Å²) in [6.07, 6.45) is 0. The number of nitrogens with two attached hydrogens (primary N) is 1. The highest BCUT2D eigenvalue weighted by atomic mass is 14.5. The molecule has 0 heterocycles. The van der Waals surface area contributed by atoms with Gasteiger partial charge < -0.3 is 5.73 Å². The average Bonchev–Trinajstić information content (AvgIpc) is 2.41. The second-order valence-corrected chi connectivity index (χ2v) is 5.12. The van der Waals surface area contributed by atoms with Crippen LogP contribution in [0.4, 0.5) is 5.69 Å². The van der Waals surface area contributed by atoms with Gasteiger partial charge in [-0.1, -0.05) is 36.4 Å². The first kappa shape index (κ1) is 11.8. The van der Waals surface area contributed by atoms with Crippen molar-refractivity contribution in [1.29, 1.82) is 0 Å². The van der Waals surface area contributed by atoms with E-state index in [0.29, 0.717) is 0 Å². The lowest BCUT2D eigenvalue weighted by atomic mass is 9.98. The normalized spacial score (nSPS) is 10.8. The largest absolute Gasteiger partial charge is 0.399 e. The maximum Gasteiger partial charge on any atom is 0.0320 e. The molecule has 0 aromatic heterocycles. The standard InChI is InChI=1S/C18H17N/c1-12-3-4-14(9-13(12)2)15-5-6-17-11-18(19)8-7-16(17)10-15/h3-11H,19H2,1-2H3. The molecule has 3 aromatic carbocycles. The number of rotatable bonds is 1. The minimum absolute atomic E-state index is 0.812. The molecule has 0 aliphatic rings. The molecule has 94 valence electrons. The first-order valence-corrected chi connectivity index (χ1v) is 6.50. The molecule has 0 amide bonds. The van der Waals surface area contributed by atoms with E-state index in [1.165, 1.54) is 33.0 Å². The van der Waals surface area contributed by atoms with E-state index in [0.717, 1.165) is 5.69 Å². The van der Waals surface area contributed by atoms with E-state index in [9.17, 15) is 0 Å². The molecular weight excluding hydrogens is 230 g/mol. The van der Waals surface area contributed by atoms with Crippen LogP contribution in [0.1, 0.15) is 11.1 Å². The van der Waals surface area contributed by atoms with Gasteiger partial charge in [-0.25, -0.2) is 0 Å². The molecule has 0 atom stereocenters. The first-order valence-electron chi connectivity index (χ1n) is 6.50. The molecule has 0 radical (unpaired) electrons. The molecule has 1 nitrogen and oxygen atoms in total. The van der Waals surface area contributed by atoms with Gasteiger partial charge in [-0.05, 0) is 65.1 Å². The van der Waals surface area contributed by atoms with Crippen LogP contribution >= 0.6 is 0 Å². The van der Waals surface area contributed by atoms with Crippen molar-refractivity contribution >= 4 is 16.5 Å². The molecule has 0 unspecified atom stereocenters. The van der Waals surface area contributed by atoms with Crippen LogP contribution in [0, 0.1) is 13.8 Å². The van der Waals surface area contributed by atoms with Crippen molar-refractivity contribution in [2.24, 2.45) is 0 Å². The van der Waals surface area contributed by atoms with Crippen LogP contribution in [0.2, 0.25) is 0 Å². The zero-order chi connectivity index (χ0) is 13.4. The second kappa shape index (κ2) is 4.43. The molecule has 0 aliphatic heterocycles. The highest BCUT2D eigenvalue weighted by Gasteiger charge is 2.02. The van der Waals surface area contributed by atoms with Crippen LogP contribution < -0.4 is 5.73 Å². The van der Waals surface area contributed by atoms with E-state index in [1.54, 1.807) is 0 Å². The van der Waals surface area contributed by atoms with Gasteiger partial charge in [0.2, 0.25) is 0 Å². The number of hydrogen-bond acceptors (Lipinski definition) is 1. The Balaban J connectivity index is 2.14.